The lowest BCUT2D eigenvalue weighted by atomic mass is 9.46. The topological polar surface area (TPSA) is 12.0 Å². The van der Waals surface area contributed by atoms with Gasteiger partial charge in [-0.15, -0.1) is 0 Å². The molecule has 3 unspecified atom stereocenters. The SMILES string of the molecule is CNC1CC1C(C(C)C)C(C)(C)C(C)(C)C(C)(C)C1(C)CC1. The summed E-state index contributed by atoms with van der Waals surface area (Å²) in [5, 5.41) is 3.53. The van der Waals surface area contributed by atoms with Crippen LogP contribution in [-0.4, -0.2) is 13.1 Å². The maximum Gasteiger partial charge on any atom is 0.00991 e. The average molecular weight is 308 g/mol. The van der Waals surface area contributed by atoms with E-state index in [2.05, 4.69) is 74.7 Å². The molecule has 0 bridgehead atoms. The summed E-state index contributed by atoms with van der Waals surface area (Å²) in [6.07, 6.45) is 4.19. The molecule has 2 saturated carbocycles. The van der Waals surface area contributed by atoms with Gasteiger partial charge in [0.1, 0.15) is 0 Å². The Bertz CT molecular complexity index is 412. The van der Waals surface area contributed by atoms with Gasteiger partial charge in [0.05, 0.1) is 0 Å². The van der Waals surface area contributed by atoms with Crippen LogP contribution in [-0.2, 0) is 0 Å². The minimum absolute atomic E-state index is 0.321. The Balaban J connectivity index is 2.33. The summed E-state index contributed by atoms with van der Waals surface area (Å²) in [4.78, 5) is 0. The zero-order valence-electron chi connectivity index (χ0n) is 16.9. The van der Waals surface area contributed by atoms with E-state index in [0.717, 1.165) is 23.8 Å². The van der Waals surface area contributed by atoms with Crippen molar-refractivity contribution in [1.29, 1.82) is 0 Å². The predicted molar refractivity (Wildman–Crippen MR) is 98.0 cm³/mol. The van der Waals surface area contributed by atoms with Crippen LogP contribution in [0.2, 0.25) is 0 Å². The van der Waals surface area contributed by atoms with Gasteiger partial charge < -0.3 is 5.32 Å². The normalized spacial score (nSPS) is 29.6. The highest BCUT2D eigenvalue weighted by molar-refractivity contribution is 5.13. The van der Waals surface area contributed by atoms with E-state index in [-0.39, 0.29) is 0 Å². The van der Waals surface area contributed by atoms with Gasteiger partial charge in [0.15, 0.2) is 0 Å². The van der Waals surface area contributed by atoms with Gasteiger partial charge in [-0.05, 0) is 65.7 Å². The van der Waals surface area contributed by atoms with Gasteiger partial charge in [0.2, 0.25) is 0 Å². The second kappa shape index (κ2) is 5.23. The molecule has 0 amide bonds. The summed E-state index contributed by atoms with van der Waals surface area (Å²) < 4.78 is 0. The van der Waals surface area contributed by atoms with Gasteiger partial charge in [-0.1, -0.05) is 62.3 Å². The molecule has 0 spiro atoms. The van der Waals surface area contributed by atoms with Crippen molar-refractivity contribution in [3.8, 4) is 0 Å². The van der Waals surface area contributed by atoms with Gasteiger partial charge in [-0.3, -0.25) is 0 Å². The first-order valence-corrected chi connectivity index (χ1v) is 9.51. The van der Waals surface area contributed by atoms with Crippen LogP contribution in [0, 0.1) is 39.4 Å². The number of hydrogen-bond donors (Lipinski definition) is 1. The van der Waals surface area contributed by atoms with Crippen LogP contribution in [0.3, 0.4) is 0 Å². The van der Waals surface area contributed by atoms with Crippen LogP contribution in [0.4, 0.5) is 0 Å². The van der Waals surface area contributed by atoms with E-state index in [9.17, 15) is 0 Å². The third-order valence-corrected chi connectivity index (χ3v) is 8.91. The average Bonchev–Trinajstić information content (AvgIpc) is 3.26. The maximum atomic E-state index is 3.53. The molecule has 2 aliphatic carbocycles. The molecule has 1 heteroatoms. The fourth-order valence-electron chi connectivity index (χ4n) is 5.60. The molecule has 2 aliphatic rings. The zero-order chi connectivity index (χ0) is 17.1. The molecule has 0 saturated heterocycles. The zero-order valence-corrected chi connectivity index (χ0v) is 16.9. The third kappa shape index (κ3) is 2.46. The molecule has 2 fully saturated rings. The molecule has 0 radical (unpaired) electrons. The summed E-state index contributed by atoms with van der Waals surface area (Å²) in [5.41, 5.74) is 1.58. The first kappa shape index (κ1) is 18.3. The minimum Gasteiger partial charge on any atom is -0.317 e. The molecule has 1 N–H and O–H groups in total. The van der Waals surface area contributed by atoms with Crippen molar-refractivity contribution in [3.05, 3.63) is 0 Å². The van der Waals surface area contributed by atoms with Crippen LogP contribution in [0.5, 0.6) is 0 Å². The highest BCUT2D eigenvalue weighted by atomic mass is 14.9. The standard InChI is InChI=1S/C21H41N/c1-14(2)17(15-13-16(15)22-10)18(3,4)19(5,6)20(7,8)21(9)11-12-21/h14-17,22H,11-13H2,1-10H3. The maximum absolute atomic E-state index is 3.53. The molecular weight excluding hydrogens is 266 g/mol. The third-order valence-electron chi connectivity index (χ3n) is 8.91. The molecular formula is C21H41N. The molecule has 1 nitrogen and oxygen atoms in total. The van der Waals surface area contributed by atoms with E-state index in [1.165, 1.54) is 19.3 Å². The van der Waals surface area contributed by atoms with E-state index >= 15 is 0 Å². The van der Waals surface area contributed by atoms with Crippen molar-refractivity contribution in [2.24, 2.45) is 39.4 Å². The van der Waals surface area contributed by atoms with Crippen LogP contribution >= 0.6 is 0 Å². The first-order chi connectivity index (χ1) is 9.83. The van der Waals surface area contributed by atoms with Crippen molar-refractivity contribution in [2.75, 3.05) is 7.05 Å². The van der Waals surface area contributed by atoms with Crippen molar-refractivity contribution < 1.29 is 0 Å². The minimum atomic E-state index is 0.321. The van der Waals surface area contributed by atoms with Gasteiger partial charge in [-0.25, -0.2) is 0 Å². The molecule has 22 heavy (non-hydrogen) atoms. The highest BCUT2D eigenvalue weighted by Crippen LogP contribution is 2.70. The van der Waals surface area contributed by atoms with E-state index < -0.39 is 0 Å². The van der Waals surface area contributed by atoms with Gasteiger partial charge in [0, 0.05) is 6.04 Å². The van der Waals surface area contributed by atoms with E-state index in [4.69, 9.17) is 0 Å². The molecule has 0 aliphatic heterocycles. The quantitative estimate of drug-likeness (QED) is 0.632. The van der Waals surface area contributed by atoms with E-state index in [1.807, 2.05) is 0 Å². The lowest BCUT2D eigenvalue weighted by Crippen LogP contribution is -2.53. The second-order valence-corrected chi connectivity index (χ2v) is 10.6. The Kier molecular flexibility index (Phi) is 4.35. The van der Waals surface area contributed by atoms with Crippen molar-refractivity contribution in [2.45, 2.75) is 87.6 Å². The van der Waals surface area contributed by atoms with Crippen LogP contribution in [0.1, 0.15) is 81.6 Å². The van der Waals surface area contributed by atoms with E-state index in [1.54, 1.807) is 0 Å². The molecule has 3 atom stereocenters. The van der Waals surface area contributed by atoms with Gasteiger partial charge >= 0.3 is 0 Å². The lowest BCUT2D eigenvalue weighted by molar-refractivity contribution is -0.108. The summed E-state index contributed by atoms with van der Waals surface area (Å²) in [5.74, 6) is 2.41. The molecule has 130 valence electrons. The highest BCUT2D eigenvalue weighted by Gasteiger charge is 2.63. The molecule has 0 aromatic carbocycles. The monoisotopic (exact) mass is 307 g/mol. The first-order valence-electron chi connectivity index (χ1n) is 9.51. The summed E-state index contributed by atoms with van der Waals surface area (Å²) in [7, 11) is 2.13. The van der Waals surface area contributed by atoms with Crippen molar-refractivity contribution in [3.63, 3.8) is 0 Å². The number of hydrogen-bond acceptors (Lipinski definition) is 1. The fraction of sp³-hybridized carbons (Fsp3) is 1.00. The van der Waals surface area contributed by atoms with Crippen LogP contribution in [0.25, 0.3) is 0 Å². The largest absolute Gasteiger partial charge is 0.317 e. The Morgan fingerprint density at radius 1 is 1.00 bits per heavy atom. The second-order valence-electron chi connectivity index (χ2n) is 10.6. The summed E-state index contributed by atoms with van der Waals surface area (Å²) >= 11 is 0. The Morgan fingerprint density at radius 3 is 1.82 bits per heavy atom. The molecule has 0 heterocycles. The Labute approximate surface area is 140 Å². The Hall–Kier alpha value is -0.0400. The van der Waals surface area contributed by atoms with Crippen molar-refractivity contribution in [1.82, 2.24) is 5.32 Å². The fourth-order valence-corrected chi connectivity index (χ4v) is 5.60. The van der Waals surface area contributed by atoms with Gasteiger partial charge in [0.25, 0.3) is 0 Å². The molecule has 0 aromatic heterocycles. The van der Waals surface area contributed by atoms with Crippen LogP contribution < -0.4 is 5.32 Å². The van der Waals surface area contributed by atoms with E-state index in [0.29, 0.717) is 21.7 Å². The smallest absolute Gasteiger partial charge is 0.00991 e. The molecule has 0 aromatic rings. The molecule has 2 rings (SSSR count). The number of rotatable bonds is 7. The van der Waals surface area contributed by atoms with Crippen molar-refractivity contribution >= 4 is 0 Å². The summed E-state index contributed by atoms with van der Waals surface area (Å²) in [6, 6.07) is 0.752. The Morgan fingerprint density at radius 2 is 1.50 bits per heavy atom. The summed E-state index contributed by atoms with van der Waals surface area (Å²) in [6.45, 7) is 22.7. The number of nitrogens with one attached hydrogen (secondary N) is 1. The lowest BCUT2D eigenvalue weighted by Gasteiger charge is -2.59. The van der Waals surface area contributed by atoms with Crippen LogP contribution in [0.15, 0.2) is 0 Å². The predicted octanol–water partition coefficient (Wildman–Crippen LogP) is 5.75. The van der Waals surface area contributed by atoms with Gasteiger partial charge in [-0.2, -0.15) is 0 Å².